The summed E-state index contributed by atoms with van der Waals surface area (Å²) in [5.41, 5.74) is 8.46. The van der Waals surface area contributed by atoms with Crippen LogP contribution in [-0.2, 0) is 17.6 Å². The molecule has 0 spiro atoms. The molecule has 0 bridgehead atoms. The Morgan fingerprint density at radius 1 is 1.03 bits per heavy atom. The zero-order valence-electron chi connectivity index (χ0n) is 19.1. The summed E-state index contributed by atoms with van der Waals surface area (Å²) in [7, 11) is 0. The second kappa shape index (κ2) is 11.3. The minimum absolute atomic E-state index is 0.206. The zero-order chi connectivity index (χ0) is 23.9. The molecule has 1 aliphatic rings. The Labute approximate surface area is 208 Å². The molecule has 34 heavy (non-hydrogen) atoms. The van der Waals surface area contributed by atoms with E-state index in [0.29, 0.717) is 22.7 Å². The van der Waals surface area contributed by atoms with Gasteiger partial charge >= 0.3 is 5.97 Å². The van der Waals surface area contributed by atoms with Crippen molar-refractivity contribution in [3.05, 3.63) is 70.4 Å². The molecule has 2 heterocycles. The third-order valence-corrected chi connectivity index (χ3v) is 7.11. The molecule has 0 aliphatic heterocycles. The number of fused-ring (bicyclic) bond motifs is 1. The van der Waals surface area contributed by atoms with E-state index in [1.807, 2.05) is 41.2 Å². The lowest BCUT2D eigenvalue weighted by Crippen LogP contribution is -2.43. The number of aromatic nitrogens is 1. The van der Waals surface area contributed by atoms with Crippen molar-refractivity contribution in [1.29, 1.82) is 0 Å². The van der Waals surface area contributed by atoms with Gasteiger partial charge in [-0.05, 0) is 86.8 Å². The van der Waals surface area contributed by atoms with Gasteiger partial charge in [-0.2, -0.15) is 0 Å². The van der Waals surface area contributed by atoms with Crippen LogP contribution in [0.3, 0.4) is 0 Å². The first-order valence-electron chi connectivity index (χ1n) is 11.5. The minimum atomic E-state index is -0.335. The highest BCUT2D eigenvalue weighted by atomic mass is 32.1. The van der Waals surface area contributed by atoms with Gasteiger partial charge in [0.25, 0.3) is 5.91 Å². The Bertz CT molecular complexity index is 1150. The summed E-state index contributed by atoms with van der Waals surface area (Å²) in [4.78, 5) is 26.5. The van der Waals surface area contributed by atoms with Crippen molar-refractivity contribution in [2.24, 2.45) is 0 Å². The van der Waals surface area contributed by atoms with Crippen molar-refractivity contribution in [2.45, 2.75) is 45.4 Å². The zero-order valence-corrected chi connectivity index (χ0v) is 20.7. The van der Waals surface area contributed by atoms with Crippen LogP contribution in [0.5, 0.6) is 0 Å². The molecule has 7 nitrogen and oxygen atoms in total. The third-order valence-electron chi connectivity index (χ3n) is 5.70. The van der Waals surface area contributed by atoms with Crippen LogP contribution in [0.1, 0.15) is 63.8 Å². The number of hydrazine groups is 1. The van der Waals surface area contributed by atoms with Crippen LogP contribution in [-0.4, -0.2) is 28.2 Å². The summed E-state index contributed by atoms with van der Waals surface area (Å²) < 4.78 is 7.29. The number of hydrogen-bond acceptors (Lipinski definition) is 5. The second-order valence-corrected chi connectivity index (χ2v) is 9.53. The number of nitrogens with zero attached hydrogens (tertiary/aromatic N) is 1. The summed E-state index contributed by atoms with van der Waals surface area (Å²) in [6, 6.07) is 11.1. The normalized spacial score (nSPS) is 13.2. The van der Waals surface area contributed by atoms with E-state index in [9.17, 15) is 9.59 Å². The van der Waals surface area contributed by atoms with Gasteiger partial charge in [-0.15, -0.1) is 11.3 Å². The minimum Gasteiger partial charge on any atom is -0.462 e. The predicted molar refractivity (Wildman–Crippen MR) is 139 cm³/mol. The van der Waals surface area contributed by atoms with E-state index in [1.54, 1.807) is 30.4 Å². The number of ether oxygens (including phenoxy) is 1. The number of carbonyl (C=O) groups excluding carboxylic acids is 2. The average molecular weight is 497 g/mol. The van der Waals surface area contributed by atoms with E-state index < -0.39 is 0 Å². The number of aryl methyl sites for hydroxylation is 1. The fourth-order valence-electron chi connectivity index (χ4n) is 4.04. The Morgan fingerprint density at radius 3 is 2.44 bits per heavy atom. The number of rotatable bonds is 5. The maximum atomic E-state index is 12.8. The smallest absolute Gasteiger partial charge is 0.341 e. The van der Waals surface area contributed by atoms with Gasteiger partial charge in [0.2, 0.25) is 0 Å². The van der Waals surface area contributed by atoms with E-state index in [1.165, 1.54) is 17.7 Å². The lowest BCUT2D eigenvalue weighted by Gasteiger charge is -2.13. The molecule has 178 valence electrons. The van der Waals surface area contributed by atoms with Gasteiger partial charge in [-0.3, -0.25) is 15.6 Å². The number of amides is 1. The second-order valence-electron chi connectivity index (χ2n) is 8.01. The number of nitrogens with one attached hydrogen (secondary N) is 3. The molecule has 1 amide bonds. The van der Waals surface area contributed by atoms with Crippen LogP contribution in [0.2, 0.25) is 0 Å². The number of thiophene rings is 1. The van der Waals surface area contributed by atoms with Crippen molar-refractivity contribution < 1.29 is 14.3 Å². The van der Waals surface area contributed by atoms with E-state index in [4.69, 9.17) is 17.0 Å². The fourth-order valence-corrected chi connectivity index (χ4v) is 5.54. The fraction of sp³-hybridized carbons (Fsp3) is 0.320. The summed E-state index contributed by atoms with van der Waals surface area (Å²) in [5, 5.41) is 3.97. The molecule has 0 unspecified atom stereocenters. The molecule has 0 radical (unpaired) electrons. The first kappa shape index (κ1) is 24.0. The van der Waals surface area contributed by atoms with Crippen LogP contribution in [0.15, 0.2) is 48.8 Å². The highest BCUT2D eigenvalue weighted by Gasteiger charge is 2.25. The van der Waals surface area contributed by atoms with Gasteiger partial charge in [0.15, 0.2) is 5.11 Å². The molecular weight excluding hydrogens is 468 g/mol. The van der Waals surface area contributed by atoms with Crippen LogP contribution in [0.4, 0.5) is 5.00 Å². The molecule has 3 aromatic rings. The van der Waals surface area contributed by atoms with Gasteiger partial charge in [0, 0.05) is 28.5 Å². The van der Waals surface area contributed by atoms with Crippen LogP contribution >= 0.6 is 23.6 Å². The highest BCUT2D eigenvalue weighted by Crippen LogP contribution is 2.37. The van der Waals surface area contributed by atoms with Crippen LogP contribution in [0, 0.1) is 0 Å². The standard InChI is InChI=1S/C25H28N4O3S2/c1-2-32-24(31)21-19-9-5-3-4-6-10-20(19)34-23(21)26-25(33)28-27-22(30)17-11-13-18(14-12-17)29-15-7-8-16-29/h7-8,11-16H,2-6,9-10H2,1H3,(H,27,30)(H2,26,28,33). The molecule has 3 N–H and O–H groups in total. The molecular formula is C25H28N4O3S2. The molecule has 2 aromatic heterocycles. The Balaban J connectivity index is 1.41. The van der Waals surface area contributed by atoms with Crippen molar-refractivity contribution in [1.82, 2.24) is 15.4 Å². The number of hydrogen-bond donors (Lipinski definition) is 3. The SMILES string of the molecule is CCOC(=O)c1c(NC(=S)NNC(=O)c2ccc(-n3cccc3)cc2)sc2c1CCCCCC2. The predicted octanol–water partition coefficient (Wildman–Crippen LogP) is 5.01. The highest BCUT2D eigenvalue weighted by molar-refractivity contribution is 7.80. The summed E-state index contributed by atoms with van der Waals surface area (Å²) in [6.45, 7) is 2.11. The van der Waals surface area contributed by atoms with Crippen molar-refractivity contribution in [3.63, 3.8) is 0 Å². The molecule has 0 saturated carbocycles. The number of anilines is 1. The van der Waals surface area contributed by atoms with Crippen LogP contribution in [0.25, 0.3) is 5.69 Å². The maximum Gasteiger partial charge on any atom is 0.341 e. The van der Waals surface area contributed by atoms with Gasteiger partial charge in [-0.1, -0.05) is 12.8 Å². The van der Waals surface area contributed by atoms with E-state index in [2.05, 4.69) is 16.2 Å². The molecule has 1 aliphatic carbocycles. The maximum absolute atomic E-state index is 12.8. The Hall–Kier alpha value is -3.17. The van der Waals surface area contributed by atoms with E-state index in [0.717, 1.165) is 36.9 Å². The Kier molecular flexibility index (Phi) is 7.97. The van der Waals surface area contributed by atoms with Gasteiger partial charge in [0.05, 0.1) is 12.2 Å². The lowest BCUT2D eigenvalue weighted by molar-refractivity contribution is 0.0526. The van der Waals surface area contributed by atoms with E-state index >= 15 is 0 Å². The van der Waals surface area contributed by atoms with E-state index in [-0.39, 0.29) is 17.0 Å². The largest absolute Gasteiger partial charge is 0.462 e. The van der Waals surface area contributed by atoms with Crippen LogP contribution < -0.4 is 16.2 Å². The average Bonchev–Trinajstić information content (AvgIpc) is 3.46. The van der Waals surface area contributed by atoms with Gasteiger partial charge < -0.3 is 14.6 Å². The molecule has 0 atom stereocenters. The molecule has 4 rings (SSSR count). The summed E-state index contributed by atoms with van der Waals surface area (Å²) >= 11 is 6.94. The number of esters is 1. The van der Waals surface area contributed by atoms with Gasteiger partial charge in [-0.25, -0.2) is 4.79 Å². The molecule has 9 heteroatoms. The van der Waals surface area contributed by atoms with Gasteiger partial charge in [0.1, 0.15) is 5.00 Å². The quantitative estimate of drug-likeness (QED) is 0.262. The lowest BCUT2D eigenvalue weighted by atomic mass is 9.96. The first-order valence-corrected chi connectivity index (χ1v) is 12.7. The van der Waals surface area contributed by atoms with Crippen molar-refractivity contribution >= 4 is 45.5 Å². The number of thiocarbonyl (C=S) groups is 1. The van der Waals surface area contributed by atoms with Crippen molar-refractivity contribution in [3.8, 4) is 5.69 Å². The molecule has 0 fully saturated rings. The summed E-state index contributed by atoms with van der Waals surface area (Å²) in [5.74, 6) is -0.648. The monoisotopic (exact) mass is 496 g/mol. The number of carbonyl (C=O) groups is 2. The number of benzene rings is 1. The topological polar surface area (TPSA) is 84.4 Å². The first-order chi connectivity index (χ1) is 16.6. The third kappa shape index (κ3) is 5.66. The summed E-state index contributed by atoms with van der Waals surface area (Å²) in [6.07, 6.45) is 10.2. The molecule has 1 aromatic carbocycles. The Morgan fingerprint density at radius 2 is 1.74 bits per heavy atom. The molecule has 0 saturated heterocycles. The van der Waals surface area contributed by atoms with Crippen molar-refractivity contribution in [2.75, 3.05) is 11.9 Å².